The molecule has 0 aromatic carbocycles. The third-order valence-corrected chi connectivity index (χ3v) is 4.88. The number of rotatable bonds is 2. The highest BCUT2D eigenvalue weighted by Gasteiger charge is 2.37. The summed E-state index contributed by atoms with van der Waals surface area (Å²) in [5, 5.41) is 14.0. The molecule has 2 aliphatic heterocycles. The number of piperidine rings is 1. The molecule has 2 aromatic rings. The Morgan fingerprint density at radius 3 is 3.04 bits per heavy atom. The zero-order valence-electron chi connectivity index (χ0n) is 13.7. The molecule has 3 N–H and O–H groups in total. The second-order valence-corrected chi connectivity index (χ2v) is 6.46. The molecule has 0 unspecified atom stereocenters. The monoisotopic (exact) mass is 344 g/mol. The number of aliphatic hydroxyl groups is 1. The molecule has 25 heavy (non-hydrogen) atoms. The van der Waals surface area contributed by atoms with Crippen LogP contribution in [0.3, 0.4) is 0 Å². The number of nitrogens with zero attached hydrogens (tertiary/aromatic N) is 4. The second-order valence-electron chi connectivity index (χ2n) is 6.46. The summed E-state index contributed by atoms with van der Waals surface area (Å²) in [6.45, 7) is 1.96. The third kappa shape index (κ3) is 2.91. The zero-order chi connectivity index (χ0) is 17.4. The molecule has 9 heteroatoms. The average Bonchev–Trinajstić information content (AvgIpc) is 3.10. The molecule has 2 saturated heterocycles. The summed E-state index contributed by atoms with van der Waals surface area (Å²) in [6.07, 6.45) is 3.06. The van der Waals surface area contributed by atoms with Crippen LogP contribution in [0.4, 0.5) is 5.82 Å². The van der Waals surface area contributed by atoms with Gasteiger partial charge in [-0.15, -0.1) is 0 Å². The first-order chi connectivity index (χ1) is 12.1. The predicted molar refractivity (Wildman–Crippen MR) is 89.8 cm³/mol. The van der Waals surface area contributed by atoms with Crippen LogP contribution < -0.4 is 10.2 Å². The Kier molecular flexibility index (Phi) is 4.00. The summed E-state index contributed by atoms with van der Waals surface area (Å²) in [6, 6.07) is 1.90. The van der Waals surface area contributed by atoms with Gasteiger partial charge in [-0.05, 0) is 12.5 Å². The molecule has 0 saturated carbocycles. The van der Waals surface area contributed by atoms with E-state index in [2.05, 4.69) is 20.3 Å². The lowest BCUT2D eigenvalue weighted by molar-refractivity contribution is -0.144. The number of aromatic nitrogens is 3. The van der Waals surface area contributed by atoms with Crippen molar-refractivity contribution >= 4 is 28.7 Å². The maximum Gasteiger partial charge on any atom is 0.239 e. The molecular formula is C16H20N6O3. The van der Waals surface area contributed by atoms with Crippen LogP contribution in [-0.4, -0.2) is 75.6 Å². The van der Waals surface area contributed by atoms with E-state index in [1.807, 2.05) is 11.0 Å². The van der Waals surface area contributed by atoms with E-state index in [1.165, 1.54) is 11.2 Å². The van der Waals surface area contributed by atoms with Gasteiger partial charge in [0.1, 0.15) is 17.8 Å². The minimum absolute atomic E-state index is 0.0532. The summed E-state index contributed by atoms with van der Waals surface area (Å²) >= 11 is 0. The van der Waals surface area contributed by atoms with Gasteiger partial charge in [-0.3, -0.25) is 9.59 Å². The first-order valence-electron chi connectivity index (χ1n) is 8.40. The number of aromatic amines is 1. The number of amides is 2. The third-order valence-electron chi connectivity index (χ3n) is 4.88. The van der Waals surface area contributed by atoms with Crippen molar-refractivity contribution < 1.29 is 14.7 Å². The molecule has 0 bridgehead atoms. The highest BCUT2D eigenvalue weighted by atomic mass is 16.3. The number of H-pyrrole nitrogens is 1. The van der Waals surface area contributed by atoms with Crippen LogP contribution in [0.15, 0.2) is 18.6 Å². The number of hydrogen-bond donors (Lipinski definition) is 3. The molecule has 0 radical (unpaired) electrons. The molecule has 0 aliphatic carbocycles. The molecule has 2 atom stereocenters. The smallest absolute Gasteiger partial charge is 0.239 e. The minimum Gasteiger partial charge on any atom is -0.392 e. The van der Waals surface area contributed by atoms with Gasteiger partial charge in [-0.1, -0.05) is 0 Å². The standard InChI is InChI=1S/C16H20N6O3/c23-12-2-5-21(15-10-1-3-18-14(10)19-9-20-15)7-11(12)16(25)22-6-4-17-13(24)8-22/h1,3,9,11-12,23H,2,4-8H2,(H,17,24)(H,18,19,20)/t11-,12+/m0/s1. The Hall–Kier alpha value is -2.68. The normalized spacial score (nSPS) is 24.4. The van der Waals surface area contributed by atoms with Crippen LogP contribution in [0.5, 0.6) is 0 Å². The van der Waals surface area contributed by atoms with Crippen molar-refractivity contribution in [2.75, 3.05) is 37.6 Å². The number of fused-ring (bicyclic) bond motifs is 1. The fraction of sp³-hybridized carbons (Fsp3) is 0.500. The number of carbonyl (C=O) groups is 2. The molecule has 2 aliphatic rings. The molecule has 4 heterocycles. The Bertz CT molecular complexity index is 806. The van der Waals surface area contributed by atoms with Gasteiger partial charge in [0.15, 0.2) is 0 Å². The number of carbonyl (C=O) groups excluding carboxylic acids is 2. The molecule has 132 valence electrons. The van der Waals surface area contributed by atoms with Crippen LogP contribution in [0.2, 0.25) is 0 Å². The predicted octanol–water partition coefficient (Wildman–Crippen LogP) is -0.896. The number of hydrogen-bond acceptors (Lipinski definition) is 6. The quantitative estimate of drug-likeness (QED) is 0.651. The van der Waals surface area contributed by atoms with Crippen molar-refractivity contribution in [3.05, 3.63) is 18.6 Å². The van der Waals surface area contributed by atoms with Crippen LogP contribution >= 0.6 is 0 Å². The number of nitrogens with one attached hydrogen (secondary N) is 2. The van der Waals surface area contributed by atoms with E-state index < -0.39 is 12.0 Å². The van der Waals surface area contributed by atoms with E-state index in [9.17, 15) is 14.7 Å². The maximum atomic E-state index is 12.8. The highest BCUT2D eigenvalue weighted by Crippen LogP contribution is 2.28. The summed E-state index contributed by atoms with van der Waals surface area (Å²) in [4.78, 5) is 39.5. The van der Waals surface area contributed by atoms with E-state index in [1.54, 1.807) is 6.20 Å². The fourth-order valence-corrected chi connectivity index (χ4v) is 3.55. The van der Waals surface area contributed by atoms with Gasteiger partial charge in [0.25, 0.3) is 0 Å². The van der Waals surface area contributed by atoms with Crippen LogP contribution in [0.25, 0.3) is 11.0 Å². The lowest BCUT2D eigenvalue weighted by Crippen LogP contribution is -2.56. The van der Waals surface area contributed by atoms with E-state index in [4.69, 9.17) is 0 Å². The molecular weight excluding hydrogens is 324 g/mol. The Balaban J connectivity index is 1.56. The van der Waals surface area contributed by atoms with Crippen molar-refractivity contribution in [3.63, 3.8) is 0 Å². The van der Waals surface area contributed by atoms with Gasteiger partial charge in [0, 0.05) is 32.4 Å². The molecule has 9 nitrogen and oxygen atoms in total. The van der Waals surface area contributed by atoms with Crippen molar-refractivity contribution in [1.29, 1.82) is 0 Å². The molecule has 2 fully saturated rings. The summed E-state index contributed by atoms with van der Waals surface area (Å²) in [5.74, 6) is -0.144. The van der Waals surface area contributed by atoms with Crippen LogP contribution in [0.1, 0.15) is 6.42 Å². The summed E-state index contributed by atoms with van der Waals surface area (Å²) in [7, 11) is 0. The van der Waals surface area contributed by atoms with Crippen LogP contribution in [0, 0.1) is 5.92 Å². The zero-order valence-corrected chi connectivity index (χ0v) is 13.7. The highest BCUT2D eigenvalue weighted by molar-refractivity contribution is 5.89. The van der Waals surface area contributed by atoms with Crippen molar-refractivity contribution in [2.45, 2.75) is 12.5 Å². The van der Waals surface area contributed by atoms with E-state index >= 15 is 0 Å². The largest absolute Gasteiger partial charge is 0.392 e. The molecule has 2 aromatic heterocycles. The topological polar surface area (TPSA) is 114 Å². The molecule has 2 amide bonds. The van der Waals surface area contributed by atoms with Gasteiger partial charge < -0.3 is 25.2 Å². The fourth-order valence-electron chi connectivity index (χ4n) is 3.55. The van der Waals surface area contributed by atoms with E-state index in [0.29, 0.717) is 32.6 Å². The van der Waals surface area contributed by atoms with Crippen molar-refractivity contribution in [1.82, 2.24) is 25.2 Å². The summed E-state index contributed by atoms with van der Waals surface area (Å²) < 4.78 is 0. The van der Waals surface area contributed by atoms with Crippen LogP contribution in [-0.2, 0) is 9.59 Å². The lowest BCUT2D eigenvalue weighted by Gasteiger charge is -2.39. The Morgan fingerprint density at radius 1 is 1.32 bits per heavy atom. The first kappa shape index (κ1) is 15.8. The van der Waals surface area contributed by atoms with Crippen molar-refractivity contribution in [3.8, 4) is 0 Å². The average molecular weight is 344 g/mol. The van der Waals surface area contributed by atoms with Gasteiger partial charge in [-0.2, -0.15) is 0 Å². The van der Waals surface area contributed by atoms with Gasteiger partial charge in [0.05, 0.1) is 24.0 Å². The maximum absolute atomic E-state index is 12.8. The van der Waals surface area contributed by atoms with Crippen molar-refractivity contribution in [2.24, 2.45) is 5.92 Å². The summed E-state index contributed by atoms with van der Waals surface area (Å²) in [5.41, 5.74) is 0.742. The Labute approximate surface area is 144 Å². The number of anilines is 1. The first-order valence-corrected chi connectivity index (χ1v) is 8.40. The van der Waals surface area contributed by atoms with E-state index in [0.717, 1.165) is 16.9 Å². The minimum atomic E-state index is -0.711. The van der Waals surface area contributed by atoms with Gasteiger partial charge in [-0.25, -0.2) is 9.97 Å². The SMILES string of the molecule is O=C1CN(C(=O)[C@H]2CN(c3ncnc4[nH]ccc34)CC[C@H]2O)CCN1. The number of aliphatic hydroxyl groups excluding tert-OH is 1. The van der Waals surface area contributed by atoms with E-state index in [-0.39, 0.29) is 18.4 Å². The second kappa shape index (κ2) is 6.32. The number of piperazine rings is 1. The van der Waals surface area contributed by atoms with Gasteiger partial charge >= 0.3 is 0 Å². The lowest BCUT2D eigenvalue weighted by atomic mass is 9.93. The van der Waals surface area contributed by atoms with Gasteiger partial charge in [0.2, 0.25) is 11.8 Å². The molecule has 4 rings (SSSR count). The molecule has 0 spiro atoms. The Morgan fingerprint density at radius 2 is 2.20 bits per heavy atom.